The number of carbonyl (C=O) groups excluding carboxylic acids is 1. The lowest BCUT2D eigenvalue weighted by atomic mass is 9.98. The molecule has 0 aliphatic carbocycles. The van der Waals surface area contributed by atoms with Crippen LogP contribution in [-0.2, 0) is 22.4 Å². The lowest BCUT2D eigenvalue weighted by molar-refractivity contribution is -0.138. The molecule has 10 nitrogen and oxygen atoms in total. The van der Waals surface area contributed by atoms with Gasteiger partial charge in [-0.15, -0.1) is 30.0 Å². The number of ether oxygens (including phenoxy) is 1. The van der Waals surface area contributed by atoms with E-state index in [9.17, 15) is 15.0 Å². The molecule has 0 aliphatic heterocycles. The van der Waals surface area contributed by atoms with Gasteiger partial charge in [-0.1, -0.05) is 49.0 Å². The Morgan fingerprint density at radius 1 is 0.756 bits per heavy atom. The Labute approximate surface area is 234 Å². The molecule has 0 bridgehead atoms. The Bertz CT molecular complexity index is 1870. The SMILES string of the molecule is C=C(C)C(=O)OCCc1cc(Cc2cccc(-n3nc4ccccc4n3)c2O)c(O)c(-n2nc3ccccc3n2)c1. The van der Waals surface area contributed by atoms with Crippen molar-refractivity contribution in [2.75, 3.05) is 6.61 Å². The van der Waals surface area contributed by atoms with E-state index in [4.69, 9.17) is 4.74 Å². The van der Waals surface area contributed by atoms with Gasteiger partial charge in [-0.05, 0) is 48.9 Å². The minimum Gasteiger partial charge on any atom is -0.505 e. The van der Waals surface area contributed by atoms with E-state index in [0.29, 0.717) is 56.6 Å². The summed E-state index contributed by atoms with van der Waals surface area (Å²) in [6.07, 6.45) is 0.579. The summed E-state index contributed by atoms with van der Waals surface area (Å²) in [6.45, 7) is 5.34. The predicted octanol–water partition coefficient (Wildman–Crippen LogP) is 4.82. The Morgan fingerprint density at radius 3 is 1.85 bits per heavy atom. The topological polar surface area (TPSA) is 128 Å². The highest BCUT2D eigenvalue weighted by Crippen LogP contribution is 2.34. The number of nitrogens with zero attached hydrogens (tertiary/aromatic N) is 6. The van der Waals surface area contributed by atoms with Crippen molar-refractivity contribution in [3.8, 4) is 22.9 Å². The van der Waals surface area contributed by atoms with E-state index in [-0.39, 0.29) is 24.5 Å². The third-order valence-electron chi connectivity index (χ3n) is 6.68. The second-order valence-electron chi connectivity index (χ2n) is 9.71. The third-order valence-corrected chi connectivity index (χ3v) is 6.68. The van der Waals surface area contributed by atoms with Gasteiger partial charge < -0.3 is 14.9 Å². The van der Waals surface area contributed by atoms with E-state index in [1.165, 1.54) is 9.59 Å². The van der Waals surface area contributed by atoms with E-state index < -0.39 is 5.97 Å². The number of aromatic nitrogens is 6. The van der Waals surface area contributed by atoms with E-state index in [1.54, 1.807) is 31.2 Å². The fraction of sp³-hybridized carbons (Fsp3) is 0.129. The van der Waals surface area contributed by atoms with Crippen LogP contribution in [0.15, 0.2) is 91.0 Å². The molecule has 4 aromatic carbocycles. The van der Waals surface area contributed by atoms with Crippen LogP contribution in [0.4, 0.5) is 0 Å². The van der Waals surface area contributed by atoms with Crippen LogP contribution in [0.3, 0.4) is 0 Å². The molecule has 2 N–H and O–H groups in total. The van der Waals surface area contributed by atoms with E-state index in [1.807, 2.05) is 54.6 Å². The molecule has 0 saturated carbocycles. The number of phenolic OH excluding ortho intramolecular Hbond substituents is 2. The molecule has 2 heterocycles. The zero-order chi connectivity index (χ0) is 28.5. The Kier molecular flexibility index (Phi) is 6.64. The molecule has 41 heavy (non-hydrogen) atoms. The highest BCUT2D eigenvalue weighted by atomic mass is 16.5. The molecule has 2 aromatic heterocycles. The number of rotatable bonds is 8. The predicted molar refractivity (Wildman–Crippen MR) is 153 cm³/mol. The Hall–Kier alpha value is -5.51. The molecule has 6 aromatic rings. The van der Waals surface area contributed by atoms with Gasteiger partial charge in [0.25, 0.3) is 0 Å². The number of benzene rings is 4. The van der Waals surface area contributed by atoms with E-state index >= 15 is 0 Å². The van der Waals surface area contributed by atoms with Gasteiger partial charge in [0, 0.05) is 29.5 Å². The lowest BCUT2D eigenvalue weighted by Gasteiger charge is -2.14. The molecule has 0 atom stereocenters. The number of para-hydroxylation sites is 1. The monoisotopic (exact) mass is 546 g/mol. The molecule has 0 amide bonds. The highest BCUT2D eigenvalue weighted by Gasteiger charge is 2.19. The number of carbonyl (C=O) groups is 1. The standard InChI is InChI=1S/C31H26N6O4/c1-19(2)31(40)41-15-14-20-16-22(30(39)28(17-20)37-34-25-11-5-6-12-26(25)35-37)18-21-8-7-13-27(29(21)38)36-32-23-9-3-4-10-24(23)33-36/h3-13,16-17,38-39H,1,14-15,18H2,2H3. The first-order valence-electron chi connectivity index (χ1n) is 13.0. The summed E-state index contributed by atoms with van der Waals surface area (Å²) in [5.41, 5.74) is 5.77. The first-order valence-corrected chi connectivity index (χ1v) is 13.0. The minimum absolute atomic E-state index is 0.00231. The van der Waals surface area contributed by atoms with Crippen LogP contribution in [0.2, 0.25) is 0 Å². The average molecular weight is 547 g/mol. The van der Waals surface area contributed by atoms with Crippen LogP contribution in [0.1, 0.15) is 23.6 Å². The van der Waals surface area contributed by atoms with E-state index in [2.05, 4.69) is 27.0 Å². The van der Waals surface area contributed by atoms with Crippen molar-refractivity contribution in [2.45, 2.75) is 19.8 Å². The van der Waals surface area contributed by atoms with Crippen LogP contribution in [0.5, 0.6) is 11.5 Å². The molecule has 0 unspecified atom stereocenters. The summed E-state index contributed by atoms with van der Waals surface area (Å²) in [6, 6.07) is 23.8. The largest absolute Gasteiger partial charge is 0.505 e. The molecule has 6 rings (SSSR count). The van der Waals surface area contributed by atoms with E-state index in [0.717, 1.165) is 5.56 Å². The van der Waals surface area contributed by atoms with Gasteiger partial charge in [0.1, 0.15) is 44.9 Å². The second kappa shape index (κ2) is 10.6. The van der Waals surface area contributed by atoms with Crippen LogP contribution >= 0.6 is 0 Å². The summed E-state index contributed by atoms with van der Waals surface area (Å²) in [7, 11) is 0. The van der Waals surface area contributed by atoms with Crippen molar-refractivity contribution in [1.82, 2.24) is 30.0 Å². The number of esters is 1. The highest BCUT2D eigenvalue weighted by molar-refractivity contribution is 5.86. The lowest BCUT2D eigenvalue weighted by Crippen LogP contribution is -2.09. The summed E-state index contributed by atoms with van der Waals surface area (Å²) in [4.78, 5) is 14.7. The van der Waals surface area contributed by atoms with Gasteiger partial charge in [0.05, 0.1) is 6.61 Å². The quantitative estimate of drug-likeness (QED) is 0.205. The smallest absolute Gasteiger partial charge is 0.333 e. The van der Waals surface area contributed by atoms with Crippen LogP contribution in [0, 0.1) is 0 Å². The maximum atomic E-state index is 11.9. The number of fused-ring (bicyclic) bond motifs is 2. The molecular weight excluding hydrogens is 520 g/mol. The fourth-order valence-electron chi connectivity index (χ4n) is 4.58. The summed E-state index contributed by atoms with van der Waals surface area (Å²) in [5, 5.41) is 40.7. The number of hydrogen-bond donors (Lipinski definition) is 2. The first-order chi connectivity index (χ1) is 19.9. The maximum absolute atomic E-state index is 11.9. The van der Waals surface area contributed by atoms with Crippen LogP contribution in [0.25, 0.3) is 33.4 Å². The van der Waals surface area contributed by atoms with Gasteiger partial charge in [-0.2, -0.15) is 0 Å². The molecule has 10 heteroatoms. The van der Waals surface area contributed by atoms with Crippen molar-refractivity contribution in [2.24, 2.45) is 0 Å². The zero-order valence-corrected chi connectivity index (χ0v) is 22.2. The first kappa shape index (κ1) is 25.8. The van der Waals surface area contributed by atoms with Gasteiger partial charge in [-0.25, -0.2) is 4.79 Å². The summed E-state index contributed by atoms with van der Waals surface area (Å²) < 4.78 is 5.30. The molecule has 0 spiro atoms. The van der Waals surface area contributed by atoms with Crippen molar-refractivity contribution in [3.63, 3.8) is 0 Å². The van der Waals surface area contributed by atoms with Gasteiger partial charge in [-0.3, -0.25) is 0 Å². The fourth-order valence-corrected chi connectivity index (χ4v) is 4.58. The average Bonchev–Trinajstić information content (AvgIpc) is 3.60. The molecule has 0 aliphatic rings. The van der Waals surface area contributed by atoms with Crippen LogP contribution in [-0.4, -0.2) is 52.8 Å². The Morgan fingerprint density at radius 2 is 1.29 bits per heavy atom. The Balaban J connectivity index is 1.38. The number of phenols is 2. The molecule has 0 saturated heterocycles. The molecular formula is C31H26N6O4. The van der Waals surface area contributed by atoms with Crippen molar-refractivity contribution in [3.05, 3.63) is 108 Å². The number of hydrogen-bond acceptors (Lipinski definition) is 8. The second-order valence-corrected chi connectivity index (χ2v) is 9.71. The third kappa shape index (κ3) is 5.10. The van der Waals surface area contributed by atoms with Crippen molar-refractivity contribution < 1.29 is 19.7 Å². The van der Waals surface area contributed by atoms with Crippen molar-refractivity contribution in [1.29, 1.82) is 0 Å². The maximum Gasteiger partial charge on any atom is 0.333 e. The van der Waals surface area contributed by atoms with Gasteiger partial charge in [0.2, 0.25) is 0 Å². The molecule has 0 radical (unpaired) electrons. The van der Waals surface area contributed by atoms with Gasteiger partial charge in [0.15, 0.2) is 0 Å². The van der Waals surface area contributed by atoms with Crippen LogP contribution < -0.4 is 0 Å². The summed E-state index contributed by atoms with van der Waals surface area (Å²) in [5.74, 6) is -0.496. The van der Waals surface area contributed by atoms with Gasteiger partial charge >= 0.3 is 5.97 Å². The normalized spacial score (nSPS) is 11.2. The number of aromatic hydroxyl groups is 2. The molecule has 204 valence electrons. The summed E-state index contributed by atoms with van der Waals surface area (Å²) >= 11 is 0. The van der Waals surface area contributed by atoms with Crippen molar-refractivity contribution >= 4 is 28.0 Å². The molecule has 0 fully saturated rings. The minimum atomic E-state index is -0.467. The zero-order valence-electron chi connectivity index (χ0n) is 22.2.